The number of rotatable bonds is 8. The van der Waals surface area contributed by atoms with Gasteiger partial charge in [0.2, 0.25) is 0 Å². The van der Waals surface area contributed by atoms with E-state index in [0.29, 0.717) is 12.2 Å². The minimum atomic E-state index is -1.15. The molecular weight excluding hydrogens is 424 g/mol. The average Bonchev–Trinajstić information content (AvgIpc) is 2.72. The molecule has 9 heteroatoms. The van der Waals surface area contributed by atoms with Gasteiger partial charge in [-0.05, 0) is 47.5 Å². The number of aliphatic carboxylic acids is 1. The van der Waals surface area contributed by atoms with Gasteiger partial charge in [0.25, 0.3) is 5.91 Å². The number of hydrogen-bond donors (Lipinski definition) is 3. The molecule has 3 rings (SSSR count). The molecule has 1 amide bonds. The molecule has 8 nitrogen and oxygen atoms in total. The molecule has 0 aliphatic rings. The van der Waals surface area contributed by atoms with Crippen molar-refractivity contribution < 1.29 is 29.3 Å². The van der Waals surface area contributed by atoms with E-state index in [0.717, 1.165) is 10.8 Å². The molecule has 3 aromatic carbocycles. The molecule has 0 saturated carbocycles. The third-order valence-electron chi connectivity index (χ3n) is 4.16. The van der Waals surface area contributed by atoms with Gasteiger partial charge in [-0.3, -0.25) is 4.79 Å². The van der Waals surface area contributed by atoms with Gasteiger partial charge >= 0.3 is 5.97 Å². The van der Waals surface area contributed by atoms with Crippen LogP contribution in [0.25, 0.3) is 10.8 Å². The lowest BCUT2D eigenvalue weighted by Gasteiger charge is -2.13. The Kier molecular flexibility index (Phi) is 6.94. The molecule has 0 aromatic heterocycles. The molecule has 31 heavy (non-hydrogen) atoms. The predicted molar refractivity (Wildman–Crippen MR) is 116 cm³/mol. The number of amides is 1. The maximum Gasteiger partial charge on any atom is 0.341 e. The van der Waals surface area contributed by atoms with Crippen molar-refractivity contribution in [1.82, 2.24) is 5.43 Å². The van der Waals surface area contributed by atoms with Crippen molar-refractivity contribution >= 4 is 40.5 Å². The Labute approximate surface area is 182 Å². The second-order valence-corrected chi connectivity index (χ2v) is 6.77. The van der Waals surface area contributed by atoms with Crippen LogP contribution in [0.15, 0.2) is 53.6 Å². The summed E-state index contributed by atoms with van der Waals surface area (Å²) in [4.78, 5) is 23.2. The van der Waals surface area contributed by atoms with Crippen molar-refractivity contribution in [3.05, 3.63) is 64.7 Å². The van der Waals surface area contributed by atoms with Crippen LogP contribution < -0.4 is 14.9 Å². The van der Waals surface area contributed by atoms with E-state index < -0.39 is 18.5 Å². The molecule has 0 radical (unpaired) electrons. The van der Waals surface area contributed by atoms with Crippen LogP contribution in [0.5, 0.6) is 17.2 Å². The van der Waals surface area contributed by atoms with Gasteiger partial charge in [0.15, 0.2) is 18.1 Å². The first kappa shape index (κ1) is 21.9. The monoisotopic (exact) mass is 442 g/mol. The van der Waals surface area contributed by atoms with Crippen LogP contribution in [0.1, 0.15) is 22.8 Å². The smallest absolute Gasteiger partial charge is 0.341 e. The van der Waals surface area contributed by atoms with Crippen molar-refractivity contribution in [2.45, 2.75) is 6.92 Å². The number of hydrazone groups is 1. The number of ether oxygens (including phenoxy) is 2. The summed E-state index contributed by atoms with van der Waals surface area (Å²) in [5.74, 6) is -1.54. The lowest BCUT2D eigenvalue weighted by Crippen LogP contribution is -2.17. The Morgan fingerprint density at radius 1 is 1.13 bits per heavy atom. The van der Waals surface area contributed by atoms with Crippen LogP contribution >= 0.6 is 11.6 Å². The normalized spacial score (nSPS) is 10.9. The summed E-state index contributed by atoms with van der Waals surface area (Å²) in [6, 6.07) is 13.5. The number of fused-ring (bicyclic) bond motifs is 1. The van der Waals surface area contributed by atoms with E-state index in [-0.39, 0.29) is 27.8 Å². The highest BCUT2D eigenvalue weighted by atomic mass is 35.5. The zero-order valence-corrected chi connectivity index (χ0v) is 17.2. The van der Waals surface area contributed by atoms with Gasteiger partial charge in [0.1, 0.15) is 5.75 Å². The van der Waals surface area contributed by atoms with Crippen LogP contribution in [0, 0.1) is 0 Å². The van der Waals surface area contributed by atoms with E-state index in [2.05, 4.69) is 10.5 Å². The largest absolute Gasteiger partial charge is 0.507 e. The van der Waals surface area contributed by atoms with Crippen molar-refractivity contribution in [3.8, 4) is 17.2 Å². The summed E-state index contributed by atoms with van der Waals surface area (Å²) < 4.78 is 10.6. The Morgan fingerprint density at radius 2 is 1.84 bits per heavy atom. The fourth-order valence-corrected chi connectivity index (χ4v) is 3.11. The first-order valence-electron chi connectivity index (χ1n) is 9.25. The molecule has 0 fully saturated rings. The van der Waals surface area contributed by atoms with Gasteiger partial charge in [0, 0.05) is 0 Å². The highest BCUT2D eigenvalue weighted by Crippen LogP contribution is 2.36. The molecule has 160 valence electrons. The van der Waals surface area contributed by atoms with E-state index in [4.69, 9.17) is 26.2 Å². The third kappa shape index (κ3) is 5.43. The highest BCUT2D eigenvalue weighted by molar-refractivity contribution is 6.32. The quantitative estimate of drug-likeness (QED) is 0.360. The van der Waals surface area contributed by atoms with E-state index in [9.17, 15) is 14.7 Å². The van der Waals surface area contributed by atoms with Gasteiger partial charge < -0.3 is 19.7 Å². The average molecular weight is 443 g/mol. The number of hydrogen-bond acceptors (Lipinski definition) is 6. The Morgan fingerprint density at radius 3 is 2.52 bits per heavy atom. The number of carboxylic acid groups (broad SMARTS) is 1. The SMILES string of the molecule is CCOc1cc(C=NNC(=O)c2cc3ccccc3cc2O)cc(Cl)c1OCC(=O)O. The van der Waals surface area contributed by atoms with Crippen molar-refractivity contribution in [2.24, 2.45) is 5.10 Å². The predicted octanol–water partition coefficient (Wildman–Crippen LogP) is 3.82. The summed E-state index contributed by atoms with van der Waals surface area (Å²) in [7, 11) is 0. The second kappa shape index (κ2) is 9.82. The van der Waals surface area contributed by atoms with Crippen LogP contribution in [0.3, 0.4) is 0 Å². The fraction of sp³-hybridized carbons (Fsp3) is 0.136. The maximum atomic E-state index is 12.4. The number of nitrogens with one attached hydrogen (secondary N) is 1. The van der Waals surface area contributed by atoms with Crippen LogP contribution in [0.4, 0.5) is 0 Å². The molecule has 0 bridgehead atoms. The van der Waals surface area contributed by atoms with E-state index in [1.807, 2.05) is 24.3 Å². The first-order valence-corrected chi connectivity index (χ1v) is 9.63. The lowest BCUT2D eigenvalue weighted by molar-refractivity contribution is -0.139. The molecule has 0 aliphatic carbocycles. The summed E-state index contributed by atoms with van der Waals surface area (Å²) in [5.41, 5.74) is 2.93. The van der Waals surface area contributed by atoms with Crippen molar-refractivity contribution in [1.29, 1.82) is 0 Å². The molecule has 0 aliphatic heterocycles. The molecule has 0 unspecified atom stereocenters. The molecule has 0 saturated heterocycles. The number of carboxylic acids is 1. The summed E-state index contributed by atoms with van der Waals surface area (Å²) in [6.07, 6.45) is 1.34. The second-order valence-electron chi connectivity index (χ2n) is 6.36. The Hall–Kier alpha value is -3.78. The number of phenols is 1. The van der Waals surface area contributed by atoms with Gasteiger partial charge in [-0.2, -0.15) is 5.10 Å². The minimum absolute atomic E-state index is 0.0845. The minimum Gasteiger partial charge on any atom is -0.507 e. The van der Waals surface area contributed by atoms with E-state index >= 15 is 0 Å². The number of carbonyl (C=O) groups is 2. The number of carbonyl (C=O) groups excluding carboxylic acids is 1. The van der Waals surface area contributed by atoms with Crippen LogP contribution in [-0.4, -0.2) is 41.5 Å². The van der Waals surface area contributed by atoms with Crippen LogP contribution in [-0.2, 0) is 4.79 Å². The molecule has 0 spiro atoms. The Bertz CT molecular complexity index is 1160. The zero-order chi connectivity index (χ0) is 22.4. The van der Waals surface area contributed by atoms with E-state index in [1.54, 1.807) is 19.1 Å². The molecule has 0 atom stereocenters. The van der Waals surface area contributed by atoms with E-state index in [1.165, 1.54) is 18.3 Å². The first-order chi connectivity index (χ1) is 14.9. The third-order valence-corrected chi connectivity index (χ3v) is 4.44. The molecule has 3 aromatic rings. The highest BCUT2D eigenvalue weighted by Gasteiger charge is 2.14. The number of phenolic OH excluding ortho intramolecular Hbond substituents is 1. The summed E-state index contributed by atoms with van der Waals surface area (Å²) in [5, 5.41) is 24.6. The molecular formula is C22H19ClN2O6. The summed E-state index contributed by atoms with van der Waals surface area (Å²) >= 11 is 6.19. The zero-order valence-electron chi connectivity index (χ0n) is 16.5. The van der Waals surface area contributed by atoms with Gasteiger partial charge in [0.05, 0.1) is 23.4 Å². The fourth-order valence-electron chi connectivity index (χ4n) is 2.84. The van der Waals surface area contributed by atoms with Gasteiger partial charge in [-0.25, -0.2) is 10.2 Å². The van der Waals surface area contributed by atoms with Gasteiger partial charge in [-0.15, -0.1) is 0 Å². The number of aromatic hydroxyl groups is 1. The number of nitrogens with zero attached hydrogens (tertiary/aromatic N) is 1. The molecule has 3 N–H and O–H groups in total. The lowest BCUT2D eigenvalue weighted by atomic mass is 10.1. The van der Waals surface area contributed by atoms with Crippen LogP contribution in [0.2, 0.25) is 5.02 Å². The maximum absolute atomic E-state index is 12.4. The Balaban J connectivity index is 1.77. The number of halogens is 1. The standard InChI is InChI=1S/C22H19ClN2O6/c1-2-30-19-8-13(7-17(23)21(19)31-12-20(27)28)11-24-25-22(29)16-9-14-5-3-4-6-15(14)10-18(16)26/h3-11,26H,2,12H2,1H3,(H,25,29)(H,27,28). The van der Waals surface area contributed by atoms with Crippen molar-refractivity contribution in [2.75, 3.05) is 13.2 Å². The number of benzene rings is 3. The van der Waals surface area contributed by atoms with Gasteiger partial charge in [-0.1, -0.05) is 35.9 Å². The topological polar surface area (TPSA) is 117 Å². The summed E-state index contributed by atoms with van der Waals surface area (Å²) in [6.45, 7) is 1.49. The van der Waals surface area contributed by atoms with Crippen molar-refractivity contribution in [3.63, 3.8) is 0 Å². The molecule has 0 heterocycles.